The highest BCUT2D eigenvalue weighted by Crippen LogP contribution is 2.17. The smallest absolute Gasteiger partial charge is 0.138 e. The van der Waals surface area contributed by atoms with Crippen LogP contribution < -0.4 is 5.32 Å². The standard InChI is InChI=1S/C7H13N5O/c13-7(4-8-5-7)2-1-3-12-6-9-10-11-12/h6,8,13H,1-5H2. The minimum Gasteiger partial charge on any atom is -0.387 e. The Morgan fingerprint density at radius 3 is 2.92 bits per heavy atom. The van der Waals surface area contributed by atoms with Crippen LogP contribution in [0.3, 0.4) is 0 Å². The molecule has 1 aliphatic heterocycles. The van der Waals surface area contributed by atoms with E-state index in [-0.39, 0.29) is 0 Å². The first kappa shape index (κ1) is 8.58. The van der Waals surface area contributed by atoms with Crippen LogP contribution in [0.25, 0.3) is 0 Å². The van der Waals surface area contributed by atoms with E-state index in [0.717, 1.165) is 19.4 Å². The molecule has 2 N–H and O–H groups in total. The average molecular weight is 183 g/mol. The van der Waals surface area contributed by atoms with Crippen LogP contribution in [0.1, 0.15) is 12.8 Å². The van der Waals surface area contributed by atoms with Crippen LogP contribution in [0.4, 0.5) is 0 Å². The van der Waals surface area contributed by atoms with Gasteiger partial charge in [-0.3, -0.25) is 0 Å². The van der Waals surface area contributed by atoms with Crippen molar-refractivity contribution in [2.24, 2.45) is 0 Å². The molecule has 0 unspecified atom stereocenters. The number of hydrogen-bond donors (Lipinski definition) is 2. The van der Waals surface area contributed by atoms with E-state index in [9.17, 15) is 5.11 Å². The van der Waals surface area contributed by atoms with Crippen LogP contribution in [0, 0.1) is 0 Å². The third-order valence-electron chi connectivity index (χ3n) is 2.33. The molecule has 0 spiro atoms. The van der Waals surface area contributed by atoms with E-state index in [1.807, 2.05) is 0 Å². The lowest BCUT2D eigenvalue weighted by Gasteiger charge is -2.37. The highest BCUT2D eigenvalue weighted by molar-refractivity contribution is 4.91. The van der Waals surface area contributed by atoms with Gasteiger partial charge in [0, 0.05) is 19.6 Å². The molecule has 0 amide bonds. The third-order valence-corrected chi connectivity index (χ3v) is 2.33. The zero-order chi connectivity index (χ0) is 9.15. The zero-order valence-corrected chi connectivity index (χ0v) is 7.35. The van der Waals surface area contributed by atoms with Crippen LogP contribution in [-0.2, 0) is 6.54 Å². The summed E-state index contributed by atoms with van der Waals surface area (Å²) in [6.45, 7) is 2.19. The van der Waals surface area contributed by atoms with E-state index in [1.54, 1.807) is 11.0 Å². The molecule has 0 saturated carbocycles. The Morgan fingerprint density at radius 1 is 1.54 bits per heavy atom. The second kappa shape index (κ2) is 3.39. The van der Waals surface area contributed by atoms with E-state index in [1.165, 1.54) is 0 Å². The number of nitrogens with one attached hydrogen (secondary N) is 1. The maximum atomic E-state index is 9.72. The monoisotopic (exact) mass is 183 g/mol. The van der Waals surface area contributed by atoms with Gasteiger partial charge in [-0.25, -0.2) is 4.68 Å². The van der Waals surface area contributed by atoms with Crippen molar-refractivity contribution in [3.63, 3.8) is 0 Å². The molecule has 1 saturated heterocycles. The summed E-state index contributed by atoms with van der Waals surface area (Å²) in [4.78, 5) is 0. The van der Waals surface area contributed by atoms with E-state index in [0.29, 0.717) is 13.1 Å². The first-order valence-corrected chi connectivity index (χ1v) is 4.42. The van der Waals surface area contributed by atoms with Crippen LogP contribution in [0.5, 0.6) is 0 Å². The van der Waals surface area contributed by atoms with Crippen LogP contribution in [0.15, 0.2) is 6.33 Å². The van der Waals surface area contributed by atoms with Crippen molar-refractivity contribution >= 4 is 0 Å². The van der Waals surface area contributed by atoms with Gasteiger partial charge in [0.25, 0.3) is 0 Å². The number of hydrogen-bond acceptors (Lipinski definition) is 5. The molecule has 1 fully saturated rings. The summed E-state index contributed by atoms with van der Waals surface area (Å²) in [7, 11) is 0. The van der Waals surface area contributed by atoms with Crippen molar-refractivity contribution in [1.29, 1.82) is 0 Å². The first-order chi connectivity index (χ1) is 6.29. The fourth-order valence-electron chi connectivity index (χ4n) is 1.44. The summed E-state index contributed by atoms with van der Waals surface area (Å²) < 4.78 is 1.68. The summed E-state index contributed by atoms with van der Waals surface area (Å²) in [6.07, 6.45) is 3.30. The number of aliphatic hydroxyl groups is 1. The van der Waals surface area contributed by atoms with Gasteiger partial charge in [-0.05, 0) is 23.3 Å². The van der Waals surface area contributed by atoms with Gasteiger partial charge >= 0.3 is 0 Å². The predicted molar refractivity (Wildman–Crippen MR) is 44.9 cm³/mol. The van der Waals surface area contributed by atoms with Crippen molar-refractivity contribution in [3.8, 4) is 0 Å². The summed E-state index contributed by atoms with van der Waals surface area (Å²) in [5.74, 6) is 0. The maximum absolute atomic E-state index is 9.72. The molecule has 2 rings (SSSR count). The Morgan fingerprint density at radius 2 is 2.38 bits per heavy atom. The molecule has 1 aromatic rings. The van der Waals surface area contributed by atoms with Gasteiger partial charge in [-0.15, -0.1) is 5.10 Å². The minimum atomic E-state index is -0.478. The normalized spacial score (nSPS) is 19.8. The van der Waals surface area contributed by atoms with Gasteiger partial charge < -0.3 is 10.4 Å². The summed E-state index contributed by atoms with van der Waals surface area (Å²) in [6, 6.07) is 0. The Labute approximate surface area is 75.9 Å². The van der Waals surface area contributed by atoms with Crippen molar-refractivity contribution < 1.29 is 5.11 Å². The van der Waals surface area contributed by atoms with Crippen LogP contribution in [-0.4, -0.2) is 44.0 Å². The molecular formula is C7H13N5O. The number of aromatic nitrogens is 4. The van der Waals surface area contributed by atoms with Gasteiger partial charge in [0.15, 0.2) is 0 Å². The molecule has 0 bridgehead atoms. The van der Waals surface area contributed by atoms with E-state index < -0.39 is 5.60 Å². The van der Waals surface area contributed by atoms with Crippen molar-refractivity contribution in [2.45, 2.75) is 25.0 Å². The predicted octanol–water partition coefficient (Wildman–Crippen LogP) is -1.21. The Hall–Kier alpha value is -1.01. The van der Waals surface area contributed by atoms with Gasteiger partial charge in [-0.1, -0.05) is 0 Å². The SMILES string of the molecule is OC1(CCCn2cnnn2)CNC1. The fraction of sp³-hybridized carbons (Fsp3) is 0.857. The summed E-state index contributed by atoms with van der Waals surface area (Å²) in [5, 5.41) is 23.6. The lowest BCUT2D eigenvalue weighted by atomic mass is 9.92. The van der Waals surface area contributed by atoms with E-state index >= 15 is 0 Å². The summed E-state index contributed by atoms with van der Waals surface area (Å²) in [5.41, 5.74) is -0.478. The lowest BCUT2D eigenvalue weighted by Crippen LogP contribution is -2.59. The summed E-state index contributed by atoms with van der Waals surface area (Å²) >= 11 is 0. The number of β-amino-alcohol motifs (C(OH)–C–C–N with tert-alkyl or cyclic N) is 1. The van der Waals surface area contributed by atoms with Crippen LogP contribution in [0.2, 0.25) is 0 Å². The Balaban J connectivity index is 1.69. The van der Waals surface area contributed by atoms with Crippen molar-refractivity contribution in [1.82, 2.24) is 25.5 Å². The van der Waals surface area contributed by atoms with Crippen molar-refractivity contribution in [3.05, 3.63) is 6.33 Å². The number of aryl methyl sites for hydroxylation is 1. The molecule has 0 aromatic carbocycles. The zero-order valence-electron chi connectivity index (χ0n) is 7.35. The third kappa shape index (κ3) is 2.02. The molecule has 6 nitrogen and oxygen atoms in total. The quantitative estimate of drug-likeness (QED) is 0.612. The molecule has 0 atom stereocenters. The van der Waals surface area contributed by atoms with Gasteiger partial charge in [0.05, 0.1) is 5.60 Å². The topological polar surface area (TPSA) is 75.9 Å². The number of nitrogens with zero attached hydrogens (tertiary/aromatic N) is 4. The van der Waals surface area contributed by atoms with E-state index in [2.05, 4.69) is 20.8 Å². The Bertz CT molecular complexity index is 256. The lowest BCUT2D eigenvalue weighted by molar-refractivity contribution is -0.0196. The minimum absolute atomic E-state index is 0.478. The van der Waals surface area contributed by atoms with Crippen LogP contribution >= 0.6 is 0 Å². The molecule has 1 aliphatic rings. The highest BCUT2D eigenvalue weighted by atomic mass is 16.3. The van der Waals surface area contributed by atoms with Crippen molar-refractivity contribution in [2.75, 3.05) is 13.1 Å². The second-order valence-electron chi connectivity index (χ2n) is 3.50. The molecule has 2 heterocycles. The molecule has 1 aromatic heterocycles. The highest BCUT2D eigenvalue weighted by Gasteiger charge is 2.33. The number of tetrazole rings is 1. The second-order valence-corrected chi connectivity index (χ2v) is 3.50. The molecular weight excluding hydrogens is 170 g/mol. The average Bonchev–Trinajstić information content (AvgIpc) is 2.54. The van der Waals surface area contributed by atoms with E-state index in [4.69, 9.17) is 0 Å². The molecule has 0 aliphatic carbocycles. The Kier molecular flexibility index (Phi) is 2.24. The molecule has 13 heavy (non-hydrogen) atoms. The first-order valence-electron chi connectivity index (χ1n) is 4.42. The molecule has 6 heteroatoms. The maximum Gasteiger partial charge on any atom is 0.138 e. The number of rotatable bonds is 4. The molecule has 72 valence electrons. The van der Waals surface area contributed by atoms with Gasteiger partial charge in [-0.2, -0.15) is 0 Å². The van der Waals surface area contributed by atoms with Gasteiger partial charge in [0.1, 0.15) is 6.33 Å². The largest absolute Gasteiger partial charge is 0.387 e. The van der Waals surface area contributed by atoms with Gasteiger partial charge in [0.2, 0.25) is 0 Å². The molecule has 0 radical (unpaired) electrons. The fourth-order valence-corrected chi connectivity index (χ4v) is 1.44.